The third-order valence-corrected chi connectivity index (χ3v) is 6.45. The number of ether oxygens (including phenoxy) is 2. The van der Waals surface area contributed by atoms with Gasteiger partial charge in [0.25, 0.3) is 0 Å². The minimum atomic E-state index is -3.81. The summed E-state index contributed by atoms with van der Waals surface area (Å²) in [6.07, 6.45) is 0.586. The van der Waals surface area contributed by atoms with Gasteiger partial charge in [-0.25, -0.2) is 8.42 Å². The molecular weight excluding hydrogens is 376 g/mol. The minimum Gasteiger partial charge on any atom is -0.486 e. The van der Waals surface area contributed by atoms with Crippen LogP contribution in [-0.2, 0) is 16.4 Å². The number of nitrogens with two attached hydrogens (primary N) is 1. The lowest BCUT2D eigenvalue weighted by atomic mass is 10.1. The molecule has 2 aromatic carbocycles. The van der Waals surface area contributed by atoms with Crippen LogP contribution in [0.25, 0.3) is 0 Å². The number of hydrogen-bond donors (Lipinski definition) is 1. The minimum absolute atomic E-state index is 0.00456. The van der Waals surface area contributed by atoms with E-state index in [1.807, 2.05) is 30.3 Å². The Bertz CT molecular complexity index is 859. The quantitative estimate of drug-likeness (QED) is 0.776. The van der Waals surface area contributed by atoms with E-state index >= 15 is 0 Å². The van der Waals surface area contributed by atoms with Gasteiger partial charge in [0.2, 0.25) is 10.0 Å². The van der Waals surface area contributed by atoms with E-state index in [-0.39, 0.29) is 23.0 Å². The van der Waals surface area contributed by atoms with Crippen molar-refractivity contribution in [2.45, 2.75) is 11.3 Å². The third-order valence-electron chi connectivity index (χ3n) is 4.09. The fraction of sp³-hybridized carbons (Fsp3) is 0.333. The Hall–Kier alpha value is -1.80. The van der Waals surface area contributed by atoms with E-state index in [9.17, 15) is 8.42 Å². The van der Waals surface area contributed by atoms with E-state index in [1.165, 1.54) is 16.4 Å². The highest BCUT2D eigenvalue weighted by atomic mass is 35.5. The third kappa shape index (κ3) is 4.12. The molecule has 0 unspecified atom stereocenters. The van der Waals surface area contributed by atoms with E-state index < -0.39 is 10.0 Å². The molecule has 2 aromatic rings. The molecule has 0 saturated heterocycles. The zero-order valence-electron chi connectivity index (χ0n) is 14.2. The Kier molecular flexibility index (Phi) is 6.03. The van der Waals surface area contributed by atoms with Crippen LogP contribution in [0, 0.1) is 0 Å². The summed E-state index contributed by atoms with van der Waals surface area (Å²) in [4.78, 5) is 0.00456. The summed E-state index contributed by atoms with van der Waals surface area (Å²) in [5, 5.41) is 0.107. The number of halogens is 1. The van der Waals surface area contributed by atoms with E-state index in [0.29, 0.717) is 37.7 Å². The second-order valence-corrected chi connectivity index (χ2v) is 8.17. The van der Waals surface area contributed by atoms with Gasteiger partial charge < -0.3 is 15.2 Å². The Morgan fingerprint density at radius 2 is 1.69 bits per heavy atom. The summed E-state index contributed by atoms with van der Waals surface area (Å²) in [6, 6.07) is 12.6. The van der Waals surface area contributed by atoms with Crippen LogP contribution in [0.15, 0.2) is 47.4 Å². The van der Waals surface area contributed by atoms with E-state index in [4.69, 9.17) is 26.8 Å². The average molecular weight is 397 g/mol. The Morgan fingerprint density at radius 1 is 1.04 bits per heavy atom. The number of fused-ring (bicyclic) bond motifs is 1. The molecular formula is C18H21ClN2O4S. The first-order valence-electron chi connectivity index (χ1n) is 8.35. The zero-order chi connectivity index (χ0) is 18.6. The lowest BCUT2D eigenvalue weighted by molar-refractivity contribution is 0.171. The lowest BCUT2D eigenvalue weighted by Gasteiger charge is -2.24. The summed E-state index contributed by atoms with van der Waals surface area (Å²) >= 11 is 6.23. The highest BCUT2D eigenvalue weighted by Gasteiger charge is 2.28. The topological polar surface area (TPSA) is 81.9 Å². The number of benzene rings is 2. The second-order valence-electron chi connectivity index (χ2n) is 5.85. The molecule has 0 atom stereocenters. The molecule has 0 amide bonds. The van der Waals surface area contributed by atoms with Crippen molar-refractivity contribution in [2.75, 3.05) is 32.8 Å². The molecule has 3 rings (SSSR count). The van der Waals surface area contributed by atoms with Gasteiger partial charge in [0.1, 0.15) is 18.1 Å². The van der Waals surface area contributed by atoms with Crippen LogP contribution in [0.5, 0.6) is 11.5 Å². The maximum absolute atomic E-state index is 13.1. The van der Waals surface area contributed by atoms with Gasteiger partial charge in [-0.1, -0.05) is 41.9 Å². The van der Waals surface area contributed by atoms with Crippen molar-refractivity contribution in [1.82, 2.24) is 4.31 Å². The fourth-order valence-corrected chi connectivity index (χ4v) is 4.74. The predicted octanol–water partition coefficient (Wildman–Crippen LogP) is 2.30. The van der Waals surface area contributed by atoms with Gasteiger partial charge in [-0.2, -0.15) is 4.31 Å². The Labute approximate surface area is 158 Å². The number of rotatable bonds is 7. The molecule has 0 fully saturated rings. The number of nitrogens with zero attached hydrogens (tertiary/aromatic N) is 1. The molecule has 0 aliphatic carbocycles. The first-order chi connectivity index (χ1) is 12.5. The van der Waals surface area contributed by atoms with Crippen LogP contribution in [-0.4, -0.2) is 45.6 Å². The SMILES string of the molecule is NCCN(CCc1ccccc1)S(=O)(=O)c1cc2c(cc1Cl)OCCO2. The van der Waals surface area contributed by atoms with Gasteiger partial charge in [-0.3, -0.25) is 0 Å². The Balaban J connectivity index is 1.87. The number of sulfonamides is 1. The summed E-state index contributed by atoms with van der Waals surface area (Å²) in [5.41, 5.74) is 6.69. The molecule has 26 heavy (non-hydrogen) atoms. The normalized spacial score (nSPS) is 13.8. The van der Waals surface area contributed by atoms with Crippen molar-refractivity contribution in [3.8, 4) is 11.5 Å². The standard InChI is InChI=1S/C18H21ClN2O4S/c19-15-12-16-17(25-11-10-24-16)13-18(15)26(22,23)21(9-7-20)8-6-14-4-2-1-3-5-14/h1-5,12-13H,6-11,20H2. The molecule has 140 valence electrons. The van der Waals surface area contributed by atoms with Crippen LogP contribution < -0.4 is 15.2 Å². The summed E-state index contributed by atoms with van der Waals surface area (Å²) in [5.74, 6) is 0.838. The van der Waals surface area contributed by atoms with Gasteiger partial charge in [0.05, 0.1) is 5.02 Å². The van der Waals surface area contributed by atoms with Gasteiger partial charge in [-0.05, 0) is 12.0 Å². The molecule has 1 heterocycles. The molecule has 1 aliphatic heterocycles. The molecule has 0 saturated carbocycles. The lowest BCUT2D eigenvalue weighted by Crippen LogP contribution is -2.37. The van der Waals surface area contributed by atoms with Crippen molar-refractivity contribution >= 4 is 21.6 Å². The summed E-state index contributed by atoms with van der Waals surface area (Å²) < 4.78 is 38.6. The molecule has 6 nitrogen and oxygen atoms in total. The maximum atomic E-state index is 13.1. The highest BCUT2D eigenvalue weighted by Crippen LogP contribution is 2.38. The smallest absolute Gasteiger partial charge is 0.244 e. The fourth-order valence-electron chi connectivity index (χ4n) is 2.78. The molecule has 0 bridgehead atoms. The molecule has 0 aromatic heterocycles. The van der Waals surface area contributed by atoms with Crippen molar-refractivity contribution < 1.29 is 17.9 Å². The van der Waals surface area contributed by atoms with Crippen LogP contribution >= 0.6 is 11.6 Å². The Morgan fingerprint density at radius 3 is 2.35 bits per heavy atom. The first-order valence-corrected chi connectivity index (χ1v) is 10.2. The van der Waals surface area contributed by atoms with Crippen molar-refractivity contribution in [2.24, 2.45) is 5.73 Å². The van der Waals surface area contributed by atoms with Gasteiger partial charge in [0.15, 0.2) is 11.5 Å². The zero-order valence-corrected chi connectivity index (χ0v) is 15.8. The van der Waals surface area contributed by atoms with Gasteiger partial charge in [-0.15, -0.1) is 0 Å². The van der Waals surface area contributed by atoms with Crippen LogP contribution in [0.2, 0.25) is 5.02 Å². The highest BCUT2D eigenvalue weighted by molar-refractivity contribution is 7.89. The molecule has 0 spiro atoms. The first kappa shape index (κ1) is 19.0. The molecule has 8 heteroatoms. The molecule has 0 radical (unpaired) electrons. The second kappa shape index (κ2) is 8.26. The maximum Gasteiger partial charge on any atom is 0.244 e. The number of hydrogen-bond acceptors (Lipinski definition) is 5. The van der Waals surface area contributed by atoms with Crippen LogP contribution in [0.3, 0.4) is 0 Å². The predicted molar refractivity (Wildman–Crippen MR) is 100 cm³/mol. The van der Waals surface area contributed by atoms with Gasteiger partial charge in [0, 0.05) is 31.8 Å². The summed E-state index contributed by atoms with van der Waals surface area (Å²) in [7, 11) is -3.81. The molecule has 1 aliphatic rings. The molecule has 2 N–H and O–H groups in total. The van der Waals surface area contributed by atoms with Crippen molar-refractivity contribution in [3.05, 3.63) is 53.1 Å². The van der Waals surface area contributed by atoms with Crippen molar-refractivity contribution in [3.63, 3.8) is 0 Å². The van der Waals surface area contributed by atoms with E-state index in [0.717, 1.165) is 5.56 Å². The van der Waals surface area contributed by atoms with Crippen LogP contribution in [0.1, 0.15) is 5.56 Å². The monoisotopic (exact) mass is 396 g/mol. The van der Waals surface area contributed by atoms with E-state index in [1.54, 1.807) is 0 Å². The van der Waals surface area contributed by atoms with Crippen molar-refractivity contribution in [1.29, 1.82) is 0 Å². The average Bonchev–Trinajstić information content (AvgIpc) is 2.65. The van der Waals surface area contributed by atoms with Crippen LogP contribution in [0.4, 0.5) is 0 Å². The largest absolute Gasteiger partial charge is 0.486 e. The van der Waals surface area contributed by atoms with Gasteiger partial charge >= 0.3 is 0 Å². The van der Waals surface area contributed by atoms with E-state index in [2.05, 4.69) is 0 Å². The summed E-state index contributed by atoms with van der Waals surface area (Å²) in [6.45, 7) is 1.52.